The zero-order chi connectivity index (χ0) is 20.9. The molecule has 3 aromatic rings. The largest absolute Gasteiger partial charge is 0.417 e. The highest BCUT2D eigenvalue weighted by molar-refractivity contribution is 5.91. The average Bonchev–Trinajstić information content (AvgIpc) is 2.74. The third-order valence-corrected chi connectivity index (χ3v) is 4.35. The number of nitrogens with one attached hydrogen (secondary N) is 1. The van der Waals surface area contributed by atoms with Crippen LogP contribution < -0.4 is 5.43 Å². The van der Waals surface area contributed by atoms with E-state index in [1.165, 1.54) is 18.2 Å². The zero-order valence-electron chi connectivity index (χ0n) is 15.1. The van der Waals surface area contributed by atoms with E-state index in [-0.39, 0.29) is 5.56 Å². The van der Waals surface area contributed by atoms with Gasteiger partial charge in [0.15, 0.2) is 5.60 Å². The molecule has 3 rings (SSSR count). The van der Waals surface area contributed by atoms with E-state index in [2.05, 4.69) is 10.5 Å². The van der Waals surface area contributed by atoms with Crippen molar-refractivity contribution in [3.63, 3.8) is 0 Å². The van der Waals surface area contributed by atoms with E-state index in [0.717, 1.165) is 12.3 Å². The Hall–Kier alpha value is -3.45. The van der Waals surface area contributed by atoms with Gasteiger partial charge in [0.1, 0.15) is 0 Å². The maximum atomic E-state index is 13.1. The molecule has 0 saturated carbocycles. The molecule has 0 aromatic heterocycles. The van der Waals surface area contributed by atoms with Gasteiger partial charge in [-0.2, -0.15) is 18.3 Å². The van der Waals surface area contributed by atoms with Gasteiger partial charge in [-0.05, 0) is 17.2 Å². The minimum absolute atomic E-state index is 0.205. The van der Waals surface area contributed by atoms with Gasteiger partial charge in [0, 0.05) is 5.56 Å². The molecule has 0 spiro atoms. The summed E-state index contributed by atoms with van der Waals surface area (Å²) in [5, 5.41) is 14.9. The van der Waals surface area contributed by atoms with Crippen molar-refractivity contribution in [2.75, 3.05) is 0 Å². The van der Waals surface area contributed by atoms with Crippen molar-refractivity contribution in [3.05, 3.63) is 107 Å². The lowest BCUT2D eigenvalue weighted by Crippen LogP contribution is -2.43. The summed E-state index contributed by atoms with van der Waals surface area (Å²) in [6.45, 7) is 0. The van der Waals surface area contributed by atoms with E-state index in [9.17, 15) is 23.1 Å². The number of alkyl halides is 3. The Balaban J connectivity index is 1.91. The van der Waals surface area contributed by atoms with Crippen LogP contribution in [0.3, 0.4) is 0 Å². The summed E-state index contributed by atoms with van der Waals surface area (Å²) >= 11 is 0. The number of rotatable bonds is 5. The van der Waals surface area contributed by atoms with Crippen LogP contribution in [0.1, 0.15) is 22.3 Å². The third kappa shape index (κ3) is 4.35. The fourth-order valence-electron chi connectivity index (χ4n) is 2.90. The standard InChI is InChI=1S/C22H17F3N2O2/c23-22(24,25)19-14-8-7-9-16(19)15-26-27-20(28)21(29,17-10-3-1-4-11-17)18-12-5-2-6-13-18/h1-15,29H,(H,27,28)/b26-15-. The van der Waals surface area contributed by atoms with E-state index < -0.39 is 23.2 Å². The first-order valence-corrected chi connectivity index (χ1v) is 8.66. The van der Waals surface area contributed by atoms with Gasteiger partial charge < -0.3 is 5.11 Å². The Kier molecular flexibility index (Phi) is 5.79. The summed E-state index contributed by atoms with van der Waals surface area (Å²) < 4.78 is 39.2. The van der Waals surface area contributed by atoms with E-state index in [1.807, 2.05) is 0 Å². The zero-order valence-corrected chi connectivity index (χ0v) is 15.1. The molecule has 0 heterocycles. The molecule has 1 amide bonds. The summed E-state index contributed by atoms with van der Waals surface area (Å²) in [5.74, 6) is -0.893. The van der Waals surface area contributed by atoms with E-state index in [0.29, 0.717) is 11.1 Å². The molecule has 0 aliphatic heterocycles. The smallest absolute Gasteiger partial charge is 0.372 e. The van der Waals surface area contributed by atoms with Crippen molar-refractivity contribution in [2.45, 2.75) is 11.8 Å². The number of hydrogen-bond acceptors (Lipinski definition) is 3. The quantitative estimate of drug-likeness (QED) is 0.502. The highest BCUT2D eigenvalue weighted by atomic mass is 19.4. The summed E-state index contributed by atoms with van der Waals surface area (Å²) in [6, 6.07) is 21.3. The Morgan fingerprint density at radius 1 is 0.828 bits per heavy atom. The Morgan fingerprint density at radius 3 is 1.83 bits per heavy atom. The highest BCUT2D eigenvalue weighted by Gasteiger charge is 2.40. The topological polar surface area (TPSA) is 61.7 Å². The van der Waals surface area contributed by atoms with Crippen LogP contribution in [-0.4, -0.2) is 17.2 Å². The summed E-state index contributed by atoms with van der Waals surface area (Å²) in [6.07, 6.45) is -3.65. The third-order valence-electron chi connectivity index (χ3n) is 4.35. The number of nitrogens with zero attached hydrogens (tertiary/aromatic N) is 1. The molecular weight excluding hydrogens is 381 g/mol. The Labute approximate surface area is 165 Å². The predicted molar refractivity (Wildman–Crippen MR) is 103 cm³/mol. The normalized spacial score (nSPS) is 12.1. The van der Waals surface area contributed by atoms with Crippen molar-refractivity contribution in [1.29, 1.82) is 0 Å². The maximum absolute atomic E-state index is 13.1. The van der Waals surface area contributed by atoms with Gasteiger partial charge in [0.25, 0.3) is 5.91 Å². The van der Waals surface area contributed by atoms with Crippen molar-refractivity contribution in [3.8, 4) is 0 Å². The first kappa shape index (κ1) is 20.3. The van der Waals surface area contributed by atoms with Gasteiger partial charge in [-0.25, -0.2) is 5.43 Å². The number of amides is 1. The number of carbonyl (C=O) groups is 1. The van der Waals surface area contributed by atoms with Crippen molar-refractivity contribution < 1.29 is 23.1 Å². The van der Waals surface area contributed by atoms with Crippen LogP contribution in [-0.2, 0) is 16.6 Å². The molecule has 3 aromatic carbocycles. The molecule has 0 atom stereocenters. The summed E-state index contributed by atoms with van der Waals surface area (Å²) in [5.41, 5.74) is -0.385. The predicted octanol–water partition coefficient (Wildman–Crippen LogP) is 4.09. The Morgan fingerprint density at radius 2 is 1.31 bits per heavy atom. The van der Waals surface area contributed by atoms with Gasteiger partial charge in [-0.1, -0.05) is 78.9 Å². The minimum Gasteiger partial charge on any atom is -0.372 e. The van der Waals surface area contributed by atoms with Gasteiger partial charge in [-0.3, -0.25) is 4.79 Å². The average molecular weight is 398 g/mol. The molecule has 2 N–H and O–H groups in total. The monoisotopic (exact) mass is 398 g/mol. The second-order valence-corrected chi connectivity index (χ2v) is 6.23. The first-order valence-electron chi connectivity index (χ1n) is 8.66. The number of carbonyl (C=O) groups excluding carboxylic acids is 1. The van der Waals surface area contributed by atoms with E-state index in [1.54, 1.807) is 60.7 Å². The molecule has 0 fully saturated rings. The van der Waals surface area contributed by atoms with E-state index in [4.69, 9.17) is 0 Å². The number of benzene rings is 3. The van der Waals surface area contributed by atoms with Crippen LogP contribution in [0, 0.1) is 0 Å². The number of aliphatic hydroxyl groups is 1. The molecule has 0 radical (unpaired) electrons. The van der Waals surface area contributed by atoms with Crippen molar-refractivity contribution in [1.82, 2.24) is 5.43 Å². The van der Waals surface area contributed by atoms with E-state index >= 15 is 0 Å². The molecule has 7 heteroatoms. The van der Waals surface area contributed by atoms with Crippen molar-refractivity contribution >= 4 is 12.1 Å². The molecule has 0 unspecified atom stereocenters. The van der Waals surface area contributed by atoms with Crippen LogP contribution in [0.5, 0.6) is 0 Å². The molecular formula is C22H17F3N2O2. The highest BCUT2D eigenvalue weighted by Crippen LogP contribution is 2.31. The number of halogens is 3. The SMILES string of the molecule is O=C(N/N=C\c1ccccc1C(F)(F)F)C(O)(c1ccccc1)c1ccccc1. The van der Waals surface area contributed by atoms with Gasteiger partial charge in [0.2, 0.25) is 0 Å². The molecule has 4 nitrogen and oxygen atoms in total. The molecule has 0 bridgehead atoms. The fourth-order valence-corrected chi connectivity index (χ4v) is 2.90. The lowest BCUT2D eigenvalue weighted by atomic mass is 9.85. The van der Waals surface area contributed by atoms with Crippen LogP contribution >= 0.6 is 0 Å². The lowest BCUT2D eigenvalue weighted by molar-refractivity contribution is -0.137. The fraction of sp³-hybridized carbons (Fsp3) is 0.0909. The molecule has 0 aliphatic carbocycles. The second-order valence-electron chi connectivity index (χ2n) is 6.23. The molecule has 0 aliphatic rings. The minimum atomic E-state index is -4.55. The maximum Gasteiger partial charge on any atom is 0.417 e. The van der Waals surface area contributed by atoms with Crippen molar-refractivity contribution in [2.24, 2.45) is 5.10 Å². The molecule has 148 valence electrons. The number of hydrazone groups is 1. The van der Waals surface area contributed by atoms with Gasteiger partial charge >= 0.3 is 6.18 Å². The van der Waals surface area contributed by atoms with Crippen LogP contribution in [0.4, 0.5) is 13.2 Å². The lowest BCUT2D eigenvalue weighted by Gasteiger charge is -2.27. The van der Waals surface area contributed by atoms with Crippen LogP contribution in [0.15, 0.2) is 90.0 Å². The first-order chi connectivity index (χ1) is 13.8. The molecule has 0 saturated heterocycles. The number of hydrogen-bond donors (Lipinski definition) is 2. The van der Waals surface area contributed by atoms with Crippen LogP contribution in [0.2, 0.25) is 0 Å². The molecule has 29 heavy (non-hydrogen) atoms. The van der Waals surface area contributed by atoms with Crippen LogP contribution in [0.25, 0.3) is 0 Å². The second kappa shape index (κ2) is 8.28. The Bertz CT molecular complexity index is 964. The van der Waals surface area contributed by atoms with Gasteiger partial charge in [-0.15, -0.1) is 0 Å². The summed E-state index contributed by atoms with van der Waals surface area (Å²) in [4.78, 5) is 12.8. The van der Waals surface area contributed by atoms with Gasteiger partial charge in [0.05, 0.1) is 11.8 Å². The summed E-state index contributed by atoms with van der Waals surface area (Å²) in [7, 11) is 0.